The lowest BCUT2D eigenvalue weighted by molar-refractivity contribution is 0.187. The second-order valence-electron chi connectivity index (χ2n) is 4.78. The minimum absolute atomic E-state index is 0.218. The van der Waals surface area contributed by atoms with Gasteiger partial charge in [-0.05, 0) is 26.7 Å². The van der Waals surface area contributed by atoms with Gasteiger partial charge < -0.3 is 9.31 Å². The van der Waals surface area contributed by atoms with Crippen LogP contribution in [-0.4, -0.2) is 18.8 Å². The molecule has 0 aromatic heterocycles. The molecule has 0 aromatic carbocycles. The molecule has 15 heavy (non-hydrogen) atoms. The lowest BCUT2D eigenvalue weighted by Crippen LogP contribution is -2.30. The predicted molar refractivity (Wildman–Crippen MR) is 66.0 cm³/mol. The van der Waals surface area contributed by atoms with E-state index in [9.17, 15) is 0 Å². The Bertz CT molecular complexity index is 206. The summed E-state index contributed by atoms with van der Waals surface area (Å²) in [4.78, 5) is 0. The van der Waals surface area contributed by atoms with Gasteiger partial charge in [-0.15, -0.1) is 12.9 Å². The van der Waals surface area contributed by atoms with Crippen LogP contribution in [-0.2, 0) is 9.31 Å². The lowest BCUT2D eigenvalue weighted by Gasteiger charge is -2.26. The fraction of sp³-hybridized carbons (Fsp3) is 0.833. The van der Waals surface area contributed by atoms with Crippen LogP contribution in [0.25, 0.3) is 0 Å². The minimum atomic E-state index is -1.15. The van der Waals surface area contributed by atoms with E-state index < -0.39 is 6.55 Å². The van der Waals surface area contributed by atoms with Gasteiger partial charge in [0.2, 0.25) is 0 Å². The molecule has 0 aliphatic carbocycles. The Morgan fingerprint density at radius 2 is 1.73 bits per heavy atom. The summed E-state index contributed by atoms with van der Waals surface area (Å²) in [6.45, 7) is 7.27. The van der Waals surface area contributed by atoms with Gasteiger partial charge >= 0.3 is 0 Å². The number of hydrogen-bond acceptors (Lipinski definition) is 2. The monoisotopic (exact) mass is 211 g/mol. The maximum atomic E-state index is 5.82. The van der Waals surface area contributed by atoms with Gasteiger partial charge in [0, 0.05) is 12.2 Å². The summed E-state index contributed by atoms with van der Waals surface area (Å²) in [6, 6.07) is 0. The SMILES string of the molecule is CCCCC/C=C/[B-]1(C)OC(C)C(C)O1. The highest BCUT2D eigenvalue weighted by Crippen LogP contribution is 2.25. The highest BCUT2D eigenvalue weighted by Gasteiger charge is 2.31. The van der Waals surface area contributed by atoms with Crippen LogP contribution in [0.3, 0.4) is 0 Å². The molecule has 2 nitrogen and oxygen atoms in total. The van der Waals surface area contributed by atoms with E-state index in [4.69, 9.17) is 9.31 Å². The molecule has 1 fully saturated rings. The molecule has 0 aromatic rings. The summed E-state index contributed by atoms with van der Waals surface area (Å²) >= 11 is 0. The average Bonchev–Trinajstić information content (AvgIpc) is 2.41. The van der Waals surface area contributed by atoms with Gasteiger partial charge in [0.15, 0.2) is 0 Å². The molecular weight excluding hydrogens is 187 g/mol. The highest BCUT2D eigenvalue weighted by molar-refractivity contribution is 6.71. The topological polar surface area (TPSA) is 18.5 Å². The Labute approximate surface area is 94.0 Å². The number of rotatable bonds is 5. The molecule has 1 aliphatic heterocycles. The second-order valence-corrected chi connectivity index (χ2v) is 4.78. The summed E-state index contributed by atoms with van der Waals surface area (Å²) in [5.74, 6) is 2.12. The molecule has 2 atom stereocenters. The molecule has 3 heteroatoms. The first kappa shape index (κ1) is 12.8. The molecule has 0 radical (unpaired) electrons. The molecule has 0 N–H and O–H groups in total. The molecule has 1 heterocycles. The third-order valence-electron chi connectivity index (χ3n) is 3.09. The molecule has 88 valence electrons. The first-order chi connectivity index (χ1) is 7.07. The average molecular weight is 211 g/mol. The maximum absolute atomic E-state index is 5.82. The smallest absolute Gasteiger partial charge is 0.259 e. The third-order valence-corrected chi connectivity index (χ3v) is 3.09. The molecule has 1 saturated heterocycles. The Kier molecular flexibility index (Phi) is 4.87. The van der Waals surface area contributed by atoms with E-state index in [0.29, 0.717) is 0 Å². The molecule has 0 amide bonds. The standard InChI is InChI=1S/C12H24BO2/c1-5-6-7-8-9-10-13(4)14-11(2)12(3)15-13/h9-12H,5-8H2,1-4H3/q-1/b10-9+. The van der Waals surface area contributed by atoms with Crippen LogP contribution in [0.15, 0.2) is 12.1 Å². The van der Waals surface area contributed by atoms with Gasteiger partial charge in [-0.25, -0.2) is 0 Å². The van der Waals surface area contributed by atoms with Crippen molar-refractivity contribution in [2.45, 2.75) is 65.5 Å². The van der Waals surface area contributed by atoms with Gasteiger partial charge in [-0.1, -0.05) is 19.8 Å². The van der Waals surface area contributed by atoms with E-state index in [1.807, 2.05) is 0 Å². The van der Waals surface area contributed by atoms with E-state index >= 15 is 0 Å². The van der Waals surface area contributed by atoms with Crippen LogP contribution >= 0.6 is 0 Å². The van der Waals surface area contributed by atoms with Crippen LogP contribution in [0, 0.1) is 0 Å². The zero-order valence-corrected chi connectivity index (χ0v) is 10.5. The second kappa shape index (κ2) is 5.71. The predicted octanol–water partition coefficient (Wildman–Crippen LogP) is 3.56. The van der Waals surface area contributed by atoms with Crippen molar-refractivity contribution < 1.29 is 9.31 Å². The first-order valence-corrected chi connectivity index (χ1v) is 6.29. The van der Waals surface area contributed by atoms with Crippen LogP contribution in [0.4, 0.5) is 0 Å². The largest absolute Gasteiger partial charge is 0.561 e. The molecule has 2 unspecified atom stereocenters. The number of unbranched alkanes of at least 4 members (excludes halogenated alkanes) is 3. The van der Waals surface area contributed by atoms with Crippen molar-refractivity contribution in [3.05, 3.63) is 12.1 Å². The number of hydrogen-bond donors (Lipinski definition) is 0. The zero-order chi connectivity index (χ0) is 11.3. The number of allylic oxidation sites excluding steroid dienone is 1. The van der Waals surface area contributed by atoms with Gasteiger partial charge in [0.05, 0.1) is 0 Å². The van der Waals surface area contributed by atoms with Crippen LogP contribution in [0.2, 0.25) is 6.82 Å². The molecule has 0 spiro atoms. The van der Waals surface area contributed by atoms with Crippen LogP contribution in [0.5, 0.6) is 0 Å². The van der Waals surface area contributed by atoms with Crippen molar-refractivity contribution in [3.8, 4) is 0 Å². The molecule has 1 aliphatic rings. The van der Waals surface area contributed by atoms with Crippen molar-refractivity contribution in [2.75, 3.05) is 0 Å². The van der Waals surface area contributed by atoms with Gasteiger partial charge in [-0.2, -0.15) is 5.98 Å². The van der Waals surface area contributed by atoms with Crippen molar-refractivity contribution in [1.29, 1.82) is 0 Å². The fourth-order valence-corrected chi connectivity index (χ4v) is 2.05. The summed E-state index contributed by atoms with van der Waals surface area (Å²) in [5, 5.41) is 0. The molecule has 0 bridgehead atoms. The van der Waals surface area contributed by atoms with Crippen LogP contribution < -0.4 is 0 Å². The molecule has 0 saturated carbocycles. The Morgan fingerprint density at radius 3 is 2.27 bits per heavy atom. The van der Waals surface area contributed by atoms with Gasteiger partial charge in [0.25, 0.3) is 6.55 Å². The van der Waals surface area contributed by atoms with E-state index in [-0.39, 0.29) is 12.2 Å². The van der Waals surface area contributed by atoms with Gasteiger partial charge in [0.1, 0.15) is 0 Å². The van der Waals surface area contributed by atoms with Crippen molar-refractivity contribution in [1.82, 2.24) is 0 Å². The summed E-state index contributed by atoms with van der Waals surface area (Å²) in [7, 11) is 0. The summed E-state index contributed by atoms with van der Waals surface area (Å²) in [6.07, 6.45) is 7.64. The van der Waals surface area contributed by atoms with E-state index in [1.54, 1.807) is 0 Å². The highest BCUT2D eigenvalue weighted by atomic mass is 16.7. The quantitative estimate of drug-likeness (QED) is 0.511. The Hall–Kier alpha value is -0.275. The van der Waals surface area contributed by atoms with Gasteiger partial charge in [-0.3, -0.25) is 0 Å². The zero-order valence-electron chi connectivity index (χ0n) is 10.5. The minimum Gasteiger partial charge on any atom is -0.561 e. The Balaban J connectivity index is 2.31. The molecule has 1 rings (SSSR count). The first-order valence-electron chi connectivity index (χ1n) is 6.29. The Morgan fingerprint density at radius 1 is 1.13 bits per heavy atom. The lowest BCUT2D eigenvalue weighted by atomic mass is 9.60. The van der Waals surface area contributed by atoms with Crippen molar-refractivity contribution in [2.24, 2.45) is 0 Å². The summed E-state index contributed by atoms with van der Waals surface area (Å²) < 4.78 is 11.6. The van der Waals surface area contributed by atoms with E-state index in [2.05, 4.69) is 39.6 Å². The molecular formula is C12H24BO2-. The normalized spacial score (nSPS) is 36.5. The fourth-order valence-electron chi connectivity index (χ4n) is 2.05. The summed E-state index contributed by atoms with van der Waals surface area (Å²) in [5.41, 5.74) is 0. The maximum Gasteiger partial charge on any atom is 0.259 e. The van der Waals surface area contributed by atoms with E-state index in [0.717, 1.165) is 6.42 Å². The third kappa shape index (κ3) is 4.00. The van der Waals surface area contributed by atoms with E-state index in [1.165, 1.54) is 19.3 Å². The van der Waals surface area contributed by atoms with Crippen molar-refractivity contribution >= 4 is 6.55 Å². The van der Waals surface area contributed by atoms with Crippen molar-refractivity contribution in [3.63, 3.8) is 0 Å². The van der Waals surface area contributed by atoms with Crippen LogP contribution in [0.1, 0.15) is 46.5 Å².